The second-order valence-electron chi connectivity index (χ2n) is 2.83. The van der Waals surface area contributed by atoms with E-state index in [-0.39, 0.29) is 5.28 Å². The fourth-order valence-corrected chi connectivity index (χ4v) is 2.02. The lowest BCUT2D eigenvalue weighted by Gasteiger charge is -1.99. The van der Waals surface area contributed by atoms with Crippen LogP contribution in [0.5, 0.6) is 0 Å². The fraction of sp³-hybridized carbons (Fsp3) is 0.111. The highest BCUT2D eigenvalue weighted by Crippen LogP contribution is 2.26. The maximum atomic E-state index is 5.91. The van der Waals surface area contributed by atoms with Crippen LogP contribution in [0.4, 0.5) is 0 Å². The third kappa shape index (κ3) is 1.90. The summed E-state index contributed by atoms with van der Waals surface area (Å²) in [5.74, 6) is 0. The molecule has 1 aromatic carbocycles. The van der Waals surface area contributed by atoms with Gasteiger partial charge in [0.05, 0.1) is 0 Å². The highest BCUT2D eigenvalue weighted by atomic mass is 35.5. The van der Waals surface area contributed by atoms with Gasteiger partial charge < -0.3 is 0 Å². The van der Waals surface area contributed by atoms with E-state index >= 15 is 0 Å². The van der Waals surface area contributed by atoms with Gasteiger partial charge in [0.25, 0.3) is 0 Å². The SMILES string of the molecule is Cc1cc(-c2nc(Cl)ns2)ccc1Cl. The molecule has 1 heterocycles. The maximum absolute atomic E-state index is 5.91. The van der Waals surface area contributed by atoms with Gasteiger partial charge in [-0.1, -0.05) is 17.7 Å². The number of rotatable bonds is 1. The van der Waals surface area contributed by atoms with E-state index in [4.69, 9.17) is 23.2 Å². The Morgan fingerprint density at radius 1 is 1.29 bits per heavy atom. The Bertz CT molecular complexity index is 468. The Morgan fingerprint density at radius 3 is 2.64 bits per heavy atom. The minimum absolute atomic E-state index is 0.289. The van der Waals surface area contributed by atoms with Crippen molar-refractivity contribution in [3.63, 3.8) is 0 Å². The molecule has 2 rings (SSSR count). The second kappa shape index (κ2) is 3.85. The molecule has 0 atom stereocenters. The average molecular weight is 245 g/mol. The quantitative estimate of drug-likeness (QED) is 0.763. The lowest BCUT2D eigenvalue weighted by Crippen LogP contribution is -1.79. The summed E-state index contributed by atoms with van der Waals surface area (Å²) in [5.41, 5.74) is 2.02. The fourth-order valence-electron chi connectivity index (χ4n) is 1.10. The number of hydrogen-bond donors (Lipinski definition) is 0. The van der Waals surface area contributed by atoms with E-state index in [1.54, 1.807) is 0 Å². The molecule has 0 amide bonds. The predicted octanol–water partition coefficient (Wildman–Crippen LogP) is 3.82. The molecular formula is C9H6Cl2N2S. The van der Waals surface area contributed by atoms with Gasteiger partial charge in [0.15, 0.2) is 0 Å². The predicted molar refractivity (Wildman–Crippen MR) is 60.1 cm³/mol. The number of hydrogen-bond acceptors (Lipinski definition) is 3. The summed E-state index contributed by atoms with van der Waals surface area (Å²) in [7, 11) is 0. The highest BCUT2D eigenvalue weighted by molar-refractivity contribution is 7.09. The van der Waals surface area contributed by atoms with Crippen molar-refractivity contribution < 1.29 is 0 Å². The first-order valence-electron chi connectivity index (χ1n) is 3.92. The van der Waals surface area contributed by atoms with E-state index in [1.165, 1.54) is 11.5 Å². The molecule has 0 aliphatic heterocycles. The van der Waals surface area contributed by atoms with Crippen LogP contribution in [0.1, 0.15) is 5.56 Å². The smallest absolute Gasteiger partial charge is 0.205 e. The Balaban J connectivity index is 2.47. The topological polar surface area (TPSA) is 25.8 Å². The van der Waals surface area contributed by atoms with Gasteiger partial charge in [0.2, 0.25) is 5.28 Å². The van der Waals surface area contributed by atoms with E-state index in [9.17, 15) is 0 Å². The van der Waals surface area contributed by atoms with Gasteiger partial charge in [-0.25, -0.2) is 4.98 Å². The first kappa shape index (κ1) is 9.90. The molecule has 0 spiro atoms. The number of nitrogens with zero attached hydrogens (tertiary/aromatic N) is 2. The first-order valence-corrected chi connectivity index (χ1v) is 5.45. The number of halogens is 2. The standard InChI is InChI=1S/C9H6Cl2N2S/c1-5-4-6(2-3-7(5)10)8-12-9(11)13-14-8/h2-4H,1H3. The summed E-state index contributed by atoms with van der Waals surface area (Å²) < 4.78 is 3.91. The average Bonchev–Trinajstić information content (AvgIpc) is 2.57. The zero-order valence-corrected chi connectivity index (χ0v) is 9.62. The molecule has 2 nitrogen and oxygen atoms in total. The summed E-state index contributed by atoms with van der Waals surface area (Å²) in [5, 5.41) is 1.86. The largest absolute Gasteiger partial charge is 0.234 e. The van der Waals surface area contributed by atoms with Crippen molar-refractivity contribution >= 4 is 34.7 Å². The molecule has 0 N–H and O–H groups in total. The van der Waals surface area contributed by atoms with Crippen molar-refractivity contribution in [2.75, 3.05) is 0 Å². The Kier molecular flexibility index (Phi) is 2.72. The summed E-state index contributed by atoms with van der Waals surface area (Å²) in [6, 6.07) is 5.73. The normalized spacial score (nSPS) is 10.5. The van der Waals surface area contributed by atoms with Crippen LogP contribution in [0, 0.1) is 6.92 Å². The molecule has 0 aliphatic rings. The Morgan fingerprint density at radius 2 is 2.07 bits per heavy atom. The van der Waals surface area contributed by atoms with Crippen molar-refractivity contribution in [2.24, 2.45) is 0 Å². The molecule has 0 aliphatic carbocycles. The Labute approximate surface area is 95.7 Å². The van der Waals surface area contributed by atoms with Gasteiger partial charge in [0.1, 0.15) is 5.01 Å². The molecule has 0 bridgehead atoms. The van der Waals surface area contributed by atoms with Crippen molar-refractivity contribution in [1.29, 1.82) is 0 Å². The third-order valence-corrected chi connectivity index (χ3v) is 3.26. The van der Waals surface area contributed by atoms with Crippen LogP contribution in [-0.4, -0.2) is 9.36 Å². The van der Waals surface area contributed by atoms with Crippen LogP contribution >= 0.6 is 34.7 Å². The van der Waals surface area contributed by atoms with E-state index in [0.29, 0.717) is 0 Å². The summed E-state index contributed by atoms with van der Waals surface area (Å²) in [6.45, 7) is 1.95. The zero-order chi connectivity index (χ0) is 10.1. The van der Waals surface area contributed by atoms with Crippen LogP contribution in [0.25, 0.3) is 10.6 Å². The molecule has 0 unspecified atom stereocenters. The summed E-state index contributed by atoms with van der Waals surface area (Å²) >= 11 is 12.8. The molecule has 5 heteroatoms. The van der Waals surface area contributed by atoms with Crippen LogP contribution in [-0.2, 0) is 0 Å². The molecule has 0 fully saturated rings. The van der Waals surface area contributed by atoms with Gasteiger partial charge in [-0.2, -0.15) is 4.37 Å². The van der Waals surface area contributed by atoms with Gasteiger partial charge >= 0.3 is 0 Å². The number of benzene rings is 1. The lowest BCUT2D eigenvalue weighted by molar-refractivity contribution is 1.32. The molecule has 72 valence electrons. The molecular weight excluding hydrogens is 239 g/mol. The third-order valence-electron chi connectivity index (χ3n) is 1.81. The van der Waals surface area contributed by atoms with E-state index in [0.717, 1.165) is 21.2 Å². The summed E-state index contributed by atoms with van der Waals surface area (Å²) in [6.07, 6.45) is 0. The molecule has 2 aromatic rings. The lowest BCUT2D eigenvalue weighted by atomic mass is 10.1. The molecule has 0 saturated heterocycles. The second-order valence-corrected chi connectivity index (χ2v) is 4.33. The van der Waals surface area contributed by atoms with Crippen LogP contribution in [0.3, 0.4) is 0 Å². The first-order chi connectivity index (χ1) is 6.66. The molecule has 0 saturated carbocycles. The van der Waals surface area contributed by atoms with Gasteiger partial charge in [-0.05, 0) is 47.8 Å². The van der Waals surface area contributed by atoms with E-state index in [2.05, 4.69) is 9.36 Å². The summed E-state index contributed by atoms with van der Waals surface area (Å²) in [4.78, 5) is 4.08. The highest BCUT2D eigenvalue weighted by Gasteiger charge is 2.05. The zero-order valence-electron chi connectivity index (χ0n) is 7.29. The Hall–Kier alpha value is -0.640. The van der Waals surface area contributed by atoms with Crippen LogP contribution in [0.2, 0.25) is 10.3 Å². The molecule has 0 radical (unpaired) electrons. The monoisotopic (exact) mass is 244 g/mol. The van der Waals surface area contributed by atoms with Crippen molar-refractivity contribution in [2.45, 2.75) is 6.92 Å². The van der Waals surface area contributed by atoms with E-state index in [1.807, 2.05) is 25.1 Å². The number of aryl methyl sites for hydroxylation is 1. The van der Waals surface area contributed by atoms with Gasteiger partial charge in [0, 0.05) is 10.6 Å². The minimum atomic E-state index is 0.289. The van der Waals surface area contributed by atoms with E-state index < -0.39 is 0 Å². The molecule has 1 aromatic heterocycles. The van der Waals surface area contributed by atoms with Crippen molar-refractivity contribution in [3.8, 4) is 10.6 Å². The van der Waals surface area contributed by atoms with Gasteiger partial charge in [-0.15, -0.1) is 0 Å². The van der Waals surface area contributed by atoms with Gasteiger partial charge in [-0.3, -0.25) is 0 Å². The van der Waals surface area contributed by atoms with Crippen molar-refractivity contribution in [3.05, 3.63) is 34.1 Å². The maximum Gasteiger partial charge on any atom is 0.234 e. The minimum Gasteiger partial charge on any atom is -0.205 e. The number of aromatic nitrogens is 2. The van der Waals surface area contributed by atoms with Crippen LogP contribution in [0.15, 0.2) is 18.2 Å². The van der Waals surface area contributed by atoms with Crippen molar-refractivity contribution in [1.82, 2.24) is 9.36 Å². The molecule has 14 heavy (non-hydrogen) atoms. The van der Waals surface area contributed by atoms with Crippen LogP contribution < -0.4 is 0 Å².